The number of nitrogens with one attached hydrogen (secondary N) is 1. The van der Waals surface area contributed by atoms with Crippen molar-refractivity contribution in [2.45, 2.75) is 39.1 Å². The molecule has 1 amide bonds. The van der Waals surface area contributed by atoms with Crippen LogP contribution >= 0.6 is 0 Å². The first-order valence-electron chi connectivity index (χ1n) is 6.86. The summed E-state index contributed by atoms with van der Waals surface area (Å²) in [6.45, 7) is 5.08. The largest absolute Gasteiger partial charge is 0.573 e. The van der Waals surface area contributed by atoms with Crippen molar-refractivity contribution in [2.24, 2.45) is 0 Å². The van der Waals surface area contributed by atoms with Gasteiger partial charge in [-0.3, -0.25) is 4.79 Å². The zero-order valence-corrected chi connectivity index (χ0v) is 13.0. The van der Waals surface area contributed by atoms with Crippen LogP contribution in [0, 0.1) is 0 Å². The number of amides is 1. The number of esters is 1. The van der Waals surface area contributed by atoms with Crippen molar-refractivity contribution < 1.29 is 32.2 Å². The first-order chi connectivity index (χ1) is 10.5. The quantitative estimate of drug-likeness (QED) is 0.813. The number of hydrogen-bond acceptors (Lipinski definition) is 4. The molecule has 0 unspecified atom stereocenters. The molecule has 0 aliphatic rings. The number of halogens is 3. The van der Waals surface area contributed by atoms with Crippen LogP contribution in [-0.4, -0.2) is 30.4 Å². The third kappa shape index (κ3) is 7.03. The molecule has 0 spiro atoms. The van der Waals surface area contributed by atoms with E-state index in [1.165, 1.54) is 0 Å². The van der Waals surface area contributed by atoms with Crippen LogP contribution in [0.5, 0.6) is 5.75 Å². The fourth-order valence-corrected chi connectivity index (χ4v) is 1.51. The second-order valence-corrected chi connectivity index (χ2v) is 5.43. The minimum atomic E-state index is -4.80. The zero-order valence-electron chi connectivity index (χ0n) is 13.0. The number of carbonyl (C=O) groups excluding carboxylic acids is 2. The summed E-state index contributed by atoms with van der Waals surface area (Å²) in [5, 5.41) is 2.69. The van der Waals surface area contributed by atoms with Gasteiger partial charge in [0.15, 0.2) is 6.61 Å². The minimum absolute atomic E-state index is 0.0158. The van der Waals surface area contributed by atoms with Crippen molar-refractivity contribution in [3.05, 3.63) is 29.8 Å². The summed E-state index contributed by atoms with van der Waals surface area (Å²) in [5.41, 5.74) is -0.401. The molecule has 1 N–H and O–H groups in total. The summed E-state index contributed by atoms with van der Waals surface area (Å²) in [6.07, 6.45) is -4.10. The highest BCUT2D eigenvalue weighted by Crippen LogP contribution is 2.22. The lowest BCUT2D eigenvalue weighted by Crippen LogP contribution is -2.44. The van der Waals surface area contributed by atoms with E-state index >= 15 is 0 Å². The van der Waals surface area contributed by atoms with Crippen LogP contribution in [0.4, 0.5) is 13.2 Å². The summed E-state index contributed by atoms with van der Waals surface area (Å²) in [7, 11) is 0. The van der Waals surface area contributed by atoms with E-state index in [0.29, 0.717) is 6.42 Å². The van der Waals surface area contributed by atoms with E-state index in [0.717, 1.165) is 24.3 Å². The van der Waals surface area contributed by atoms with Crippen molar-refractivity contribution in [3.8, 4) is 5.75 Å². The number of hydrogen-bond donors (Lipinski definition) is 1. The van der Waals surface area contributed by atoms with Gasteiger partial charge in [-0.1, -0.05) is 6.92 Å². The Morgan fingerprint density at radius 2 is 1.70 bits per heavy atom. The van der Waals surface area contributed by atoms with Crippen LogP contribution in [0.2, 0.25) is 0 Å². The van der Waals surface area contributed by atoms with Gasteiger partial charge >= 0.3 is 12.3 Å². The lowest BCUT2D eigenvalue weighted by Gasteiger charge is -2.24. The van der Waals surface area contributed by atoms with Crippen molar-refractivity contribution in [2.75, 3.05) is 6.61 Å². The molecule has 0 atom stereocenters. The summed E-state index contributed by atoms with van der Waals surface area (Å²) in [5.74, 6) is -1.72. The van der Waals surface area contributed by atoms with Gasteiger partial charge in [0.2, 0.25) is 0 Å². The monoisotopic (exact) mass is 333 g/mol. The third-order valence-corrected chi connectivity index (χ3v) is 3.02. The summed E-state index contributed by atoms with van der Waals surface area (Å²) in [6, 6.07) is 4.23. The molecule has 8 heteroatoms. The van der Waals surface area contributed by atoms with Gasteiger partial charge < -0.3 is 14.8 Å². The van der Waals surface area contributed by atoms with Crippen molar-refractivity contribution in [3.63, 3.8) is 0 Å². The Labute approximate surface area is 131 Å². The molecule has 0 saturated heterocycles. The number of rotatable bonds is 6. The average Bonchev–Trinajstić information content (AvgIpc) is 2.43. The normalized spacial score (nSPS) is 11.7. The average molecular weight is 333 g/mol. The van der Waals surface area contributed by atoms with Gasteiger partial charge in [-0.15, -0.1) is 13.2 Å². The van der Waals surface area contributed by atoms with Crippen LogP contribution in [0.15, 0.2) is 24.3 Å². The van der Waals surface area contributed by atoms with E-state index in [1.54, 1.807) is 0 Å². The molecule has 0 aliphatic carbocycles. The predicted molar refractivity (Wildman–Crippen MR) is 75.9 cm³/mol. The van der Waals surface area contributed by atoms with Gasteiger partial charge in [0, 0.05) is 5.54 Å². The fraction of sp³-hybridized carbons (Fsp3) is 0.467. The lowest BCUT2D eigenvalue weighted by molar-refractivity contribution is -0.274. The van der Waals surface area contributed by atoms with E-state index in [9.17, 15) is 22.8 Å². The molecule has 1 aromatic carbocycles. The second-order valence-electron chi connectivity index (χ2n) is 5.43. The molecule has 0 heterocycles. The molecule has 0 aliphatic heterocycles. The molecule has 0 radical (unpaired) electrons. The van der Waals surface area contributed by atoms with Gasteiger partial charge in [0.1, 0.15) is 5.75 Å². The Bertz CT molecular complexity index is 553. The number of benzene rings is 1. The highest BCUT2D eigenvalue weighted by Gasteiger charge is 2.31. The van der Waals surface area contributed by atoms with Crippen molar-refractivity contribution in [1.29, 1.82) is 0 Å². The number of carbonyl (C=O) groups is 2. The third-order valence-electron chi connectivity index (χ3n) is 3.02. The second kappa shape index (κ2) is 7.34. The standard InChI is InChI=1S/C15H18F3NO4/c1-4-14(2,3)19-12(20)9-22-13(21)10-5-7-11(8-6-10)23-15(16,17)18/h5-8H,4,9H2,1-3H3,(H,19,20). The molecule has 1 rings (SSSR count). The Kier molecular flexibility index (Phi) is 6.00. The Hall–Kier alpha value is -2.25. The molecule has 0 bridgehead atoms. The molecule has 0 fully saturated rings. The van der Waals surface area contributed by atoms with E-state index in [-0.39, 0.29) is 5.56 Å². The predicted octanol–water partition coefficient (Wildman–Crippen LogP) is 3.05. The van der Waals surface area contributed by atoms with Crippen LogP contribution < -0.4 is 10.1 Å². The smallest absolute Gasteiger partial charge is 0.452 e. The number of ether oxygens (including phenoxy) is 2. The Morgan fingerprint density at radius 3 is 2.17 bits per heavy atom. The number of alkyl halides is 3. The maximum absolute atomic E-state index is 12.0. The Morgan fingerprint density at radius 1 is 1.13 bits per heavy atom. The highest BCUT2D eigenvalue weighted by molar-refractivity contribution is 5.91. The Balaban J connectivity index is 2.54. The van der Waals surface area contributed by atoms with Gasteiger partial charge in [0.25, 0.3) is 5.91 Å². The summed E-state index contributed by atoms with van der Waals surface area (Å²) >= 11 is 0. The fourth-order valence-electron chi connectivity index (χ4n) is 1.51. The maximum atomic E-state index is 12.0. The minimum Gasteiger partial charge on any atom is -0.452 e. The summed E-state index contributed by atoms with van der Waals surface area (Å²) < 4.78 is 44.5. The first kappa shape index (κ1) is 18.8. The van der Waals surface area contributed by atoms with Crippen LogP contribution in [0.25, 0.3) is 0 Å². The van der Waals surface area contributed by atoms with Gasteiger partial charge in [-0.25, -0.2) is 4.79 Å². The molecular formula is C15H18F3NO4. The van der Waals surface area contributed by atoms with Gasteiger partial charge in [-0.05, 0) is 44.5 Å². The van der Waals surface area contributed by atoms with Crippen LogP contribution in [0.3, 0.4) is 0 Å². The topological polar surface area (TPSA) is 64.6 Å². The molecule has 0 aromatic heterocycles. The van der Waals surface area contributed by atoms with Crippen molar-refractivity contribution in [1.82, 2.24) is 5.32 Å². The molecular weight excluding hydrogens is 315 g/mol. The molecule has 1 aromatic rings. The zero-order chi connectivity index (χ0) is 17.7. The SMILES string of the molecule is CCC(C)(C)NC(=O)COC(=O)c1ccc(OC(F)(F)F)cc1. The van der Waals surface area contributed by atoms with E-state index in [4.69, 9.17) is 4.74 Å². The lowest BCUT2D eigenvalue weighted by atomic mass is 10.0. The van der Waals surface area contributed by atoms with Gasteiger partial charge in [0.05, 0.1) is 5.56 Å². The molecule has 23 heavy (non-hydrogen) atoms. The van der Waals surface area contributed by atoms with E-state index in [2.05, 4.69) is 10.1 Å². The molecule has 0 saturated carbocycles. The van der Waals surface area contributed by atoms with Crippen LogP contribution in [-0.2, 0) is 9.53 Å². The molecule has 5 nitrogen and oxygen atoms in total. The molecule has 128 valence electrons. The highest BCUT2D eigenvalue weighted by atomic mass is 19.4. The summed E-state index contributed by atoms with van der Waals surface area (Å²) in [4.78, 5) is 23.3. The maximum Gasteiger partial charge on any atom is 0.573 e. The van der Waals surface area contributed by atoms with E-state index in [1.807, 2.05) is 20.8 Å². The van der Waals surface area contributed by atoms with Gasteiger partial charge in [-0.2, -0.15) is 0 Å². The van der Waals surface area contributed by atoms with Crippen LogP contribution in [0.1, 0.15) is 37.6 Å². The van der Waals surface area contributed by atoms with E-state index < -0.39 is 36.1 Å². The van der Waals surface area contributed by atoms with Crippen molar-refractivity contribution >= 4 is 11.9 Å². The first-order valence-corrected chi connectivity index (χ1v) is 6.86.